The number of hydrogen-bond donors (Lipinski definition) is 1. The molecule has 0 aliphatic rings. The summed E-state index contributed by atoms with van der Waals surface area (Å²) in [6.07, 6.45) is 0. The Kier molecular flexibility index (Phi) is 2.24. The van der Waals surface area contributed by atoms with E-state index >= 15 is 0 Å². The van der Waals surface area contributed by atoms with Crippen molar-refractivity contribution in [3.05, 3.63) is 35.2 Å². The first-order valence-electron chi connectivity index (χ1n) is 3.88. The van der Waals surface area contributed by atoms with Gasteiger partial charge in [-0.25, -0.2) is 4.79 Å². The molecule has 0 radical (unpaired) electrons. The summed E-state index contributed by atoms with van der Waals surface area (Å²) in [5.41, 5.74) is 1.74. The minimum Gasteiger partial charge on any atom is -0.478 e. The summed E-state index contributed by atoms with van der Waals surface area (Å²) in [7, 11) is 0. The average Bonchev–Trinajstić information content (AvgIpc) is 2.71. The molecule has 2 aromatic rings. The molecule has 0 fully saturated rings. The molecule has 0 aliphatic carbocycles. The van der Waals surface area contributed by atoms with E-state index < -0.39 is 5.97 Å². The fourth-order valence-corrected chi connectivity index (χ4v) is 1.57. The van der Waals surface area contributed by atoms with Gasteiger partial charge in [0.2, 0.25) is 0 Å². The molecule has 0 aliphatic heterocycles. The van der Waals surface area contributed by atoms with Gasteiger partial charge in [0, 0.05) is 10.9 Å². The highest BCUT2D eigenvalue weighted by Crippen LogP contribution is 2.18. The Balaban J connectivity index is 2.46. The Bertz CT molecular complexity index is 454. The molecule has 0 saturated carbocycles. The van der Waals surface area contributed by atoms with Crippen LogP contribution in [0.3, 0.4) is 0 Å². The van der Waals surface area contributed by atoms with Gasteiger partial charge in [-0.1, -0.05) is 16.6 Å². The normalized spacial score (nSPS) is 10.0. The van der Waals surface area contributed by atoms with Crippen LogP contribution in [0.15, 0.2) is 29.6 Å². The second-order valence-electron chi connectivity index (χ2n) is 2.68. The third-order valence-electron chi connectivity index (χ3n) is 1.77. The van der Waals surface area contributed by atoms with E-state index in [2.05, 4.69) is 9.59 Å². The number of carbonyl (C=O) groups is 1. The molecule has 0 bridgehead atoms. The van der Waals surface area contributed by atoms with E-state index in [9.17, 15) is 4.79 Å². The van der Waals surface area contributed by atoms with Crippen LogP contribution in [-0.4, -0.2) is 20.7 Å². The van der Waals surface area contributed by atoms with E-state index in [1.54, 1.807) is 23.6 Å². The van der Waals surface area contributed by atoms with Gasteiger partial charge in [0.1, 0.15) is 5.69 Å². The molecular weight excluding hydrogens is 200 g/mol. The minimum absolute atomic E-state index is 0.260. The summed E-state index contributed by atoms with van der Waals surface area (Å²) in [5.74, 6) is -0.935. The van der Waals surface area contributed by atoms with Gasteiger partial charge >= 0.3 is 5.97 Å². The lowest BCUT2D eigenvalue weighted by atomic mass is 10.1. The zero-order valence-electron chi connectivity index (χ0n) is 7.04. The van der Waals surface area contributed by atoms with Crippen LogP contribution in [0.4, 0.5) is 0 Å². The Morgan fingerprint density at radius 2 is 2.29 bits per heavy atom. The number of carboxylic acid groups (broad SMARTS) is 1. The van der Waals surface area contributed by atoms with E-state index in [0.29, 0.717) is 5.69 Å². The lowest BCUT2D eigenvalue weighted by Crippen LogP contribution is -1.95. The van der Waals surface area contributed by atoms with Gasteiger partial charge in [0.05, 0.1) is 5.56 Å². The third kappa shape index (κ3) is 1.62. The van der Waals surface area contributed by atoms with Crippen molar-refractivity contribution in [1.82, 2.24) is 9.59 Å². The van der Waals surface area contributed by atoms with Crippen LogP contribution in [0.2, 0.25) is 0 Å². The first-order valence-corrected chi connectivity index (χ1v) is 4.72. The van der Waals surface area contributed by atoms with Gasteiger partial charge in [0.25, 0.3) is 0 Å². The van der Waals surface area contributed by atoms with E-state index in [1.807, 2.05) is 6.07 Å². The summed E-state index contributed by atoms with van der Waals surface area (Å²) in [6.45, 7) is 0. The monoisotopic (exact) mass is 206 g/mol. The fourth-order valence-electron chi connectivity index (χ4n) is 1.10. The molecule has 0 saturated heterocycles. The summed E-state index contributed by atoms with van der Waals surface area (Å²) in [4.78, 5) is 10.7. The van der Waals surface area contributed by atoms with Gasteiger partial charge in [-0.05, 0) is 23.7 Å². The van der Waals surface area contributed by atoms with Crippen LogP contribution >= 0.6 is 11.5 Å². The third-order valence-corrected chi connectivity index (χ3v) is 2.27. The van der Waals surface area contributed by atoms with Crippen LogP contribution < -0.4 is 0 Å². The quantitative estimate of drug-likeness (QED) is 0.815. The van der Waals surface area contributed by atoms with Crippen molar-refractivity contribution in [2.24, 2.45) is 0 Å². The van der Waals surface area contributed by atoms with Gasteiger partial charge in [0.15, 0.2) is 0 Å². The van der Waals surface area contributed by atoms with Crippen molar-refractivity contribution in [1.29, 1.82) is 0 Å². The van der Waals surface area contributed by atoms with Crippen LogP contribution in [0.25, 0.3) is 11.3 Å². The Morgan fingerprint density at radius 1 is 1.43 bits per heavy atom. The summed E-state index contributed by atoms with van der Waals surface area (Å²) < 4.78 is 3.72. The maximum absolute atomic E-state index is 10.7. The second-order valence-corrected chi connectivity index (χ2v) is 3.29. The van der Waals surface area contributed by atoms with Crippen LogP contribution in [0, 0.1) is 0 Å². The van der Waals surface area contributed by atoms with E-state index in [4.69, 9.17) is 5.11 Å². The number of rotatable bonds is 2. The number of aromatic carboxylic acids is 1. The molecule has 4 nitrogen and oxygen atoms in total. The van der Waals surface area contributed by atoms with Crippen LogP contribution in [0.5, 0.6) is 0 Å². The maximum Gasteiger partial charge on any atom is 0.335 e. The largest absolute Gasteiger partial charge is 0.478 e. The van der Waals surface area contributed by atoms with Crippen molar-refractivity contribution in [3.8, 4) is 11.3 Å². The minimum atomic E-state index is -0.935. The first-order chi connectivity index (χ1) is 6.77. The van der Waals surface area contributed by atoms with Gasteiger partial charge in [-0.3, -0.25) is 0 Å². The molecule has 1 N–H and O–H groups in total. The lowest BCUT2D eigenvalue weighted by Gasteiger charge is -1.97. The smallest absolute Gasteiger partial charge is 0.335 e. The summed E-state index contributed by atoms with van der Waals surface area (Å²) in [6, 6.07) is 6.63. The molecule has 70 valence electrons. The summed E-state index contributed by atoms with van der Waals surface area (Å²) >= 11 is 1.24. The predicted molar refractivity (Wildman–Crippen MR) is 52.3 cm³/mol. The topological polar surface area (TPSA) is 63.1 Å². The molecule has 14 heavy (non-hydrogen) atoms. The predicted octanol–water partition coefficient (Wildman–Crippen LogP) is 1.90. The number of hydrogen-bond acceptors (Lipinski definition) is 4. The molecule has 1 aromatic carbocycles. The van der Waals surface area contributed by atoms with E-state index in [-0.39, 0.29) is 5.56 Å². The van der Waals surface area contributed by atoms with Crippen LogP contribution in [-0.2, 0) is 0 Å². The molecule has 2 rings (SSSR count). The number of carboxylic acids is 1. The van der Waals surface area contributed by atoms with Crippen molar-refractivity contribution in [2.75, 3.05) is 0 Å². The number of aromatic nitrogens is 2. The molecule has 0 spiro atoms. The standard InChI is InChI=1S/C9H6N2O2S/c12-9(13)7-3-1-2-6(4-7)8-5-14-11-10-8/h1-5H,(H,12,13). The van der Waals surface area contributed by atoms with E-state index in [0.717, 1.165) is 5.56 Å². The van der Waals surface area contributed by atoms with E-state index in [1.165, 1.54) is 11.5 Å². The Morgan fingerprint density at radius 3 is 2.93 bits per heavy atom. The van der Waals surface area contributed by atoms with Gasteiger partial charge < -0.3 is 5.11 Å². The highest BCUT2D eigenvalue weighted by atomic mass is 32.1. The molecular formula is C9H6N2O2S. The average molecular weight is 206 g/mol. The molecule has 1 heterocycles. The molecule has 0 unspecified atom stereocenters. The van der Waals surface area contributed by atoms with Crippen LogP contribution in [0.1, 0.15) is 10.4 Å². The van der Waals surface area contributed by atoms with Crippen molar-refractivity contribution in [3.63, 3.8) is 0 Å². The molecule has 5 heteroatoms. The highest BCUT2D eigenvalue weighted by Gasteiger charge is 2.05. The molecule has 1 aromatic heterocycles. The maximum atomic E-state index is 10.7. The van der Waals surface area contributed by atoms with Gasteiger partial charge in [-0.2, -0.15) is 0 Å². The highest BCUT2D eigenvalue weighted by molar-refractivity contribution is 7.03. The molecule has 0 atom stereocenters. The zero-order valence-corrected chi connectivity index (χ0v) is 7.86. The molecule has 0 amide bonds. The zero-order chi connectivity index (χ0) is 9.97. The fraction of sp³-hybridized carbons (Fsp3) is 0. The van der Waals surface area contributed by atoms with Crippen molar-refractivity contribution < 1.29 is 9.90 Å². The van der Waals surface area contributed by atoms with Gasteiger partial charge in [-0.15, -0.1) is 5.10 Å². The van der Waals surface area contributed by atoms with Crippen molar-refractivity contribution >= 4 is 17.5 Å². The number of benzene rings is 1. The van der Waals surface area contributed by atoms with Crippen molar-refractivity contribution in [2.45, 2.75) is 0 Å². The SMILES string of the molecule is O=C(O)c1cccc(-c2csnn2)c1. The lowest BCUT2D eigenvalue weighted by molar-refractivity contribution is 0.0697. The Hall–Kier alpha value is -1.75. The Labute approximate surface area is 84.0 Å². The number of nitrogens with zero attached hydrogens (tertiary/aromatic N) is 2. The second kappa shape index (κ2) is 3.55. The summed E-state index contributed by atoms with van der Waals surface area (Å²) in [5, 5.41) is 14.4. The first kappa shape index (κ1) is 8.83.